The summed E-state index contributed by atoms with van der Waals surface area (Å²) in [5, 5.41) is 4.69. The van der Waals surface area contributed by atoms with E-state index in [1.54, 1.807) is 11.2 Å². The Balaban J connectivity index is 1.48. The summed E-state index contributed by atoms with van der Waals surface area (Å²) < 4.78 is 5.54. The zero-order valence-electron chi connectivity index (χ0n) is 17.1. The molecule has 3 heterocycles. The maximum absolute atomic E-state index is 12.4. The van der Waals surface area contributed by atoms with Crippen molar-refractivity contribution in [1.29, 1.82) is 0 Å². The van der Waals surface area contributed by atoms with Crippen LogP contribution >= 0.6 is 0 Å². The summed E-state index contributed by atoms with van der Waals surface area (Å²) in [4.78, 5) is 26.5. The average molecular weight is 386 g/mol. The number of piperidine rings is 1. The van der Waals surface area contributed by atoms with Crippen LogP contribution in [-0.4, -0.2) is 50.7 Å². The third kappa shape index (κ3) is 4.23. The SMILES string of the molecule is CC(C)(C)OC(=O)N1CCCC(Nc2ncnc3[nH]cc(CC4CCC4)c23)C1. The van der Waals surface area contributed by atoms with Crippen LogP contribution in [0.15, 0.2) is 12.5 Å². The number of ether oxygens (including phenoxy) is 1. The number of amides is 1. The Morgan fingerprint density at radius 1 is 1.29 bits per heavy atom. The van der Waals surface area contributed by atoms with Gasteiger partial charge in [-0.05, 0) is 51.5 Å². The van der Waals surface area contributed by atoms with Gasteiger partial charge in [0.2, 0.25) is 0 Å². The number of aromatic nitrogens is 3. The fourth-order valence-electron chi connectivity index (χ4n) is 4.09. The lowest BCUT2D eigenvalue weighted by Crippen LogP contribution is -2.47. The summed E-state index contributed by atoms with van der Waals surface area (Å²) in [6.07, 6.45) is 10.5. The maximum Gasteiger partial charge on any atom is 0.410 e. The van der Waals surface area contributed by atoms with Crippen LogP contribution in [0, 0.1) is 5.92 Å². The van der Waals surface area contributed by atoms with Gasteiger partial charge in [-0.3, -0.25) is 0 Å². The second-order valence-corrected chi connectivity index (χ2v) is 9.17. The number of aromatic amines is 1. The Labute approximate surface area is 166 Å². The molecule has 2 aromatic rings. The lowest BCUT2D eigenvalue weighted by Gasteiger charge is -2.34. The molecule has 0 spiro atoms. The van der Waals surface area contributed by atoms with Crippen molar-refractivity contribution in [2.24, 2.45) is 5.92 Å². The minimum absolute atomic E-state index is 0.158. The molecule has 1 saturated carbocycles. The molecule has 7 nitrogen and oxygen atoms in total. The van der Waals surface area contributed by atoms with E-state index in [0.717, 1.165) is 48.6 Å². The summed E-state index contributed by atoms with van der Waals surface area (Å²) in [5.41, 5.74) is 1.70. The predicted molar refractivity (Wildman–Crippen MR) is 109 cm³/mol. The zero-order valence-corrected chi connectivity index (χ0v) is 17.1. The molecule has 1 atom stereocenters. The molecule has 1 unspecified atom stereocenters. The van der Waals surface area contributed by atoms with Gasteiger partial charge in [-0.1, -0.05) is 19.3 Å². The van der Waals surface area contributed by atoms with E-state index in [-0.39, 0.29) is 12.1 Å². The largest absolute Gasteiger partial charge is 0.444 e. The van der Waals surface area contributed by atoms with Gasteiger partial charge in [0.25, 0.3) is 0 Å². The number of nitrogens with one attached hydrogen (secondary N) is 2. The molecule has 2 N–H and O–H groups in total. The predicted octanol–water partition coefficient (Wildman–Crippen LogP) is 4.11. The number of rotatable bonds is 4. The molecule has 0 aromatic carbocycles. The van der Waals surface area contributed by atoms with Crippen molar-refractivity contribution in [3.63, 3.8) is 0 Å². The van der Waals surface area contributed by atoms with Gasteiger partial charge in [-0.15, -0.1) is 0 Å². The van der Waals surface area contributed by atoms with Crippen molar-refractivity contribution < 1.29 is 9.53 Å². The van der Waals surface area contributed by atoms with Crippen molar-refractivity contribution in [3.8, 4) is 0 Å². The molecule has 2 aliphatic rings. The monoisotopic (exact) mass is 385 g/mol. The van der Waals surface area contributed by atoms with E-state index in [4.69, 9.17) is 4.74 Å². The Morgan fingerprint density at radius 3 is 2.82 bits per heavy atom. The summed E-state index contributed by atoms with van der Waals surface area (Å²) in [6.45, 7) is 7.07. The number of H-pyrrole nitrogens is 1. The van der Waals surface area contributed by atoms with E-state index >= 15 is 0 Å². The highest BCUT2D eigenvalue weighted by molar-refractivity contribution is 5.90. The van der Waals surface area contributed by atoms with E-state index in [9.17, 15) is 4.79 Å². The number of hydrogen-bond acceptors (Lipinski definition) is 5. The first-order chi connectivity index (χ1) is 13.4. The van der Waals surface area contributed by atoms with Gasteiger partial charge in [-0.2, -0.15) is 0 Å². The smallest absolute Gasteiger partial charge is 0.410 e. The molecule has 152 valence electrons. The maximum atomic E-state index is 12.4. The van der Waals surface area contributed by atoms with Crippen LogP contribution in [0.3, 0.4) is 0 Å². The number of hydrogen-bond donors (Lipinski definition) is 2. The number of carbonyl (C=O) groups is 1. The van der Waals surface area contributed by atoms with Crippen molar-refractivity contribution in [2.75, 3.05) is 18.4 Å². The van der Waals surface area contributed by atoms with Crippen LogP contribution in [0.2, 0.25) is 0 Å². The van der Waals surface area contributed by atoms with E-state index < -0.39 is 5.60 Å². The Kier molecular flexibility index (Phi) is 5.17. The third-order valence-corrected chi connectivity index (χ3v) is 5.70. The first-order valence-corrected chi connectivity index (χ1v) is 10.4. The molecule has 7 heteroatoms. The number of carbonyl (C=O) groups excluding carboxylic acids is 1. The van der Waals surface area contributed by atoms with Gasteiger partial charge in [0.05, 0.1) is 5.39 Å². The average Bonchev–Trinajstić information content (AvgIpc) is 3.01. The second kappa shape index (κ2) is 7.60. The van der Waals surface area contributed by atoms with E-state index in [0.29, 0.717) is 6.54 Å². The lowest BCUT2D eigenvalue weighted by atomic mass is 9.81. The fourth-order valence-corrected chi connectivity index (χ4v) is 4.09. The molecule has 1 saturated heterocycles. The number of nitrogens with zero attached hydrogens (tertiary/aromatic N) is 3. The normalized spacial score (nSPS) is 20.8. The highest BCUT2D eigenvalue weighted by Gasteiger charge is 2.28. The molecule has 1 aliphatic carbocycles. The van der Waals surface area contributed by atoms with Crippen molar-refractivity contribution in [2.45, 2.75) is 70.9 Å². The molecular weight excluding hydrogens is 354 g/mol. The van der Waals surface area contributed by atoms with Crippen LogP contribution in [-0.2, 0) is 11.2 Å². The number of likely N-dealkylation sites (tertiary alicyclic amines) is 1. The van der Waals surface area contributed by atoms with E-state index in [1.165, 1.54) is 24.8 Å². The summed E-state index contributed by atoms with van der Waals surface area (Å²) in [7, 11) is 0. The molecule has 0 radical (unpaired) electrons. The fraction of sp³-hybridized carbons (Fsp3) is 0.667. The Hall–Kier alpha value is -2.31. The van der Waals surface area contributed by atoms with Crippen molar-refractivity contribution in [3.05, 3.63) is 18.1 Å². The molecule has 4 rings (SSSR count). The second-order valence-electron chi connectivity index (χ2n) is 9.17. The Bertz CT molecular complexity index is 837. The van der Waals surface area contributed by atoms with Gasteiger partial charge >= 0.3 is 6.09 Å². The molecule has 1 aliphatic heterocycles. The quantitative estimate of drug-likeness (QED) is 0.827. The highest BCUT2D eigenvalue weighted by Crippen LogP contribution is 2.33. The van der Waals surface area contributed by atoms with Crippen LogP contribution < -0.4 is 5.32 Å². The molecule has 2 fully saturated rings. The third-order valence-electron chi connectivity index (χ3n) is 5.70. The van der Waals surface area contributed by atoms with Crippen LogP contribution in [0.5, 0.6) is 0 Å². The van der Waals surface area contributed by atoms with Gasteiger partial charge in [0.1, 0.15) is 23.4 Å². The molecular formula is C21H31N5O2. The number of anilines is 1. The van der Waals surface area contributed by atoms with Gasteiger partial charge < -0.3 is 19.9 Å². The molecule has 0 bridgehead atoms. The first kappa shape index (κ1) is 19.0. The minimum Gasteiger partial charge on any atom is -0.444 e. The van der Waals surface area contributed by atoms with Crippen LogP contribution in [0.25, 0.3) is 11.0 Å². The van der Waals surface area contributed by atoms with Gasteiger partial charge in [-0.25, -0.2) is 14.8 Å². The minimum atomic E-state index is -0.474. The number of fused-ring (bicyclic) bond motifs is 1. The van der Waals surface area contributed by atoms with Crippen molar-refractivity contribution in [1.82, 2.24) is 19.9 Å². The van der Waals surface area contributed by atoms with Crippen LogP contribution in [0.4, 0.5) is 10.6 Å². The molecule has 1 amide bonds. The van der Waals surface area contributed by atoms with E-state index in [2.05, 4.69) is 26.5 Å². The highest BCUT2D eigenvalue weighted by atomic mass is 16.6. The molecule has 2 aromatic heterocycles. The Morgan fingerprint density at radius 2 is 2.11 bits per heavy atom. The summed E-state index contributed by atoms with van der Waals surface area (Å²) >= 11 is 0. The van der Waals surface area contributed by atoms with Gasteiger partial charge in [0.15, 0.2) is 0 Å². The lowest BCUT2D eigenvalue weighted by molar-refractivity contribution is 0.0206. The summed E-state index contributed by atoms with van der Waals surface area (Å²) in [6, 6.07) is 0.158. The van der Waals surface area contributed by atoms with E-state index in [1.807, 2.05) is 20.8 Å². The standard InChI is InChI=1S/C21H31N5O2/c1-21(2,3)28-20(27)26-9-5-8-16(12-26)25-19-17-15(10-14-6-4-7-14)11-22-18(17)23-13-24-19/h11,13-14,16H,4-10,12H2,1-3H3,(H2,22,23,24,25). The zero-order chi connectivity index (χ0) is 19.7. The summed E-state index contributed by atoms with van der Waals surface area (Å²) in [5.74, 6) is 1.65. The molecule has 28 heavy (non-hydrogen) atoms. The van der Waals surface area contributed by atoms with Crippen molar-refractivity contribution >= 4 is 22.9 Å². The van der Waals surface area contributed by atoms with Gasteiger partial charge in [0, 0.05) is 25.3 Å². The van der Waals surface area contributed by atoms with Crippen LogP contribution in [0.1, 0.15) is 58.4 Å². The topological polar surface area (TPSA) is 83.1 Å². The first-order valence-electron chi connectivity index (χ1n) is 10.4.